The van der Waals surface area contributed by atoms with Crippen LogP contribution in [0.5, 0.6) is 5.75 Å². The topological polar surface area (TPSA) is 47.3 Å². The van der Waals surface area contributed by atoms with E-state index in [0.717, 1.165) is 25.4 Å². The molecule has 1 saturated heterocycles. The summed E-state index contributed by atoms with van der Waals surface area (Å²) >= 11 is 0. The predicted octanol–water partition coefficient (Wildman–Crippen LogP) is 1.83. The number of hydrogen-bond acceptors (Lipinski definition) is 3. The van der Waals surface area contributed by atoms with Crippen LogP contribution in [0.1, 0.15) is 24.0 Å². The summed E-state index contributed by atoms with van der Waals surface area (Å²) in [7, 11) is 0. The van der Waals surface area contributed by atoms with E-state index in [1.165, 1.54) is 24.0 Å². The van der Waals surface area contributed by atoms with Gasteiger partial charge >= 0.3 is 0 Å². The molecule has 0 aromatic heterocycles. The molecule has 0 aliphatic carbocycles. The molecule has 1 aliphatic rings. The van der Waals surface area contributed by atoms with E-state index < -0.39 is 0 Å². The number of nitrogens with one attached hydrogen (secondary N) is 1. The first kappa shape index (κ1) is 12.4. The van der Waals surface area contributed by atoms with E-state index >= 15 is 0 Å². The van der Waals surface area contributed by atoms with E-state index in [4.69, 9.17) is 10.5 Å². The van der Waals surface area contributed by atoms with Crippen molar-refractivity contribution in [3.05, 3.63) is 29.3 Å². The van der Waals surface area contributed by atoms with Crippen LogP contribution in [0.4, 0.5) is 0 Å². The summed E-state index contributed by atoms with van der Waals surface area (Å²) < 4.78 is 5.85. The fraction of sp³-hybridized carbons (Fsp3) is 0.571. The maximum Gasteiger partial charge on any atom is 0.119 e. The summed E-state index contributed by atoms with van der Waals surface area (Å²) in [6.45, 7) is 5.69. The number of piperidine rings is 1. The lowest BCUT2D eigenvalue weighted by Crippen LogP contribution is -2.33. The van der Waals surface area contributed by atoms with Gasteiger partial charge in [-0.1, -0.05) is 6.07 Å². The predicted molar refractivity (Wildman–Crippen MR) is 70.2 cm³/mol. The molecule has 0 saturated carbocycles. The lowest BCUT2D eigenvalue weighted by atomic mass is 10.0. The molecule has 94 valence electrons. The van der Waals surface area contributed by atoms with Crippen molar-refractivity contribution in [1.29, 1.82) is 0 Å². The first-order chi connectivity index (χ1) is 8.29. The molecule has 0 spiro atoms. The molecule has 0 radical (unpaired) electrons. The SMILES string of the molecule is Cc1ccc(OCC2CCCNC2)cc1CN. The van der Waals surface area contributed by atoms with Gasteiger partial charge in [-0.3, -0.25) is 0 Å². The minimum Gasteiger partial charge on any atom is -0.493 e. The Morgan fingerprint density at radius 3 is 3.06 bits per heavy atom. The van der Waals surface area contributed by atoms with Crippen LogP contribution in [0.15, 0.2) is 18.2 Å². The number of hydrogen-bond donors (Lipinski definition) is 2. The Bertz CT molecular complexity index is 359. The van der Waals surface area contributed by atoms with E-state index in [2.05, 4.69) is 24.4 Å². The zero-order valence-electron chi connectivity index (χ0n) is 10.5. The fourth-order valence-corrected chi connectivity index (χ4v) is 2.24. The van der Waals surface area contributed by atoms with E-state index in [-0.39, 0.29) is 0 Å². The van der Waals surface area contributed by atoms with Gasteiger partial charge in [-0.15, -0.1) is 0 Å². The smallest absolute Gasteiger partial charge is 0.119 e. The van der Waals surface area contributed by atoms with Crippen LogP contribution in [-0.4, -0.2) is 19.7 Å². The van der Waals surface area contributed by atoms with Gasteiger partial charge in [0.25, 0.3) is 0 Å². The van der Waals surface area contributed by atoms with Crippen molar-refractivity contribution >= 4 is 0 Å². The first-order valence-corrected chi connectivity index (χ1v) is 6.42. The number of benzene rings is 1. The summed E-state index contributed by atoms with van der Waals surface area (Å²) in [5, 5.41) is 3.40. The third-order valence-electron chi connectivity index (χ3n) is 3.43. The van der Waals surface area contributed by atoms with Crippen LogP contribution in [0.2, 0.25) is 0 Å². The highest BCUT2D eigenvalue weighted by Crippen LogP contribution is 2.19. The molecule has 1 atom stereocenters. The van der Waals surface area contributed by atoms with Crippen molar-refractivity contribution < 1.29 is 4.74 Å². The van der Waals surface area contributed by atoms with E-state index in [0.29, 0.717) is 12.5 Å². The average molecular weight is 234 g/mol. The third-order valence-corrected chi connectivity index (χ3v) is 3.43. The Labute approximate surface area is 103 Å². The van der Waals surface area contributed by atoms with Gasteiger partial charge in [-0.05, 0) is 49.6 Å². The lowest BCUT2D eigenvalue weighted by Gasteiger charge is -2.23. The summed E-state index contributed by atoms with van der Waals surface area (Å²) in [6, 6.07) is 6.17. The van der Waals surface area contributed by atoms with Crippen molar-refractivity contribution in [2.45, 2.75) is 26.3 Å². The molecule has 0 amide bonds. The van der Waals surface area contributed by atoms with Crippen LogP contribution >= 0.6 is 0 Å². The van der Waals surface area contributed by atoms with Crippen molar-refractivity contribution in [1.82, 2.24) is 5.32 Å². The van der Waals surface area contributed by atoms with Gasteiger partial charge in [-0.25, -0.2) is 0 Å². The summed E-state index contributed by atoms with van der Waals surface area (Å²) in [6.07, 6.45) is 2.53. The Morgan fingerprint density at radius 2 is 2.35 bits per heavy atom. The Morgan fingerprint density at radius 1 is 1.47 bits per heavy atom. The van der Waals surface area contributed by atoms with Crippen LogP contribution < -0.4 is 15.8 Å². The van der Waals surface area contributed by atoms with E-state index in [1.807, 2.05) is 6.07 Å². The van der Waals surface area contributed by atoms with Gasteiger partial charge in [0.1, 0.15) is 5.75 Å². The molecule has 2 rings (SSSR count). The number of nitrogens with two attached hydrogens (primary N) is 1. The number of ether oxygens (including phenoxy) is 1. The maximum absolute atomic E-state index is 5.85. The second kappa shape index (κ2) is 6.03. The van der Waals surface area contributed by atoms with E-state index in [9.17, 15) is 0 Å². The standard InChI is InChI=1S/C14H22N2O/c1-11-4-5-14(7-13(11)8-15)17-10-12-3-2-6-16-9-12/h4-5,7,12,16H,2-3,6,8-10,15H2,1H3. The Kier molecular flexibility index (Phi) is 4.40. The fourth-order valence-electron chi connectivity index (χ4n) is 2.24. The van der Waals surface area contributed by atoms with Crippen LogP contribution in [0, 0.1) is 12.8 Å². The molecule has 0 bridgehead atoms. The van der Waals surface area contributed by atoms with Gasteiger partial charge in [0.2, 0.25) is 0 Å². The van der Waals surface area contributed by atoms with Crippen molar-refractivity contribution in [2.75, 3.05) is 19.7 Å². The van der Waals surface area contributed by atoms with E-state index in [1.54, 1.807) is 0 Å². The van der Waals surface area contributed by atoms with Gasteiger partial charge < -0.3 is 15.8 Å². The Balaban J connectivity index is 1.89. The van der Waals surface area contributed by atoms with Crippen molar-refractivity contribution in [3.8, 4) is 5.75 Å². The Hall–Kier alpha value is -1.06. The molecule has 3 nitrogen and oxygen atoms in total. The van der Waals surface area contributed by atoms with Crippen LogP contribution in [0.25, 0.3) is 0 Å². The normalized spacial score (nSPS) is 20.2. The highest BCUT2D eigenvalue weighted by atomic mass is 16.5. The second-order valence-electron chi connectivity index (χ2n) is 4.82. The first-order valence-electron chi connectivity index (χ1n) is 6.42. The molecule has 1 aliphatic heterocycles. The molecule has 1 aromatic carbocycles. The quantitative estimate of drug-likeness (QED) is 0.835. The summed E-state index contributed by atoms with van der Waals surface area (Å²) in [4.78, 5) is 0. The minimum absolute atomic E-state index is 0.577. The number of rotatable bonds is 4. The van der Waals surface area contributed by atoms with Crippen LogP contribution in [0.3, 0.4) is 0 Å². The lowest BCUT2D eigenvalue weighted by molar-refractivity contribution is 0.218. The van der Waals surface area contributed by atoms with Crippen molar-refractivity contribution in [3.63, 3.8) is 0 Å². The highest BCUT2D eigenvalue weighted by molar-refractivity contribution is 5.34. The highest BCUT2D eigenvalue weighted by Gasteiger charge is 2.13. The van der Waals surface area contributed by atoms with Gasteiger partial charge in [-0.2, -0.15) is 0 Å². The zero-order chi connectivity index (χ0) is 12.1. The molecular weight excluding hydrogens is 212 g/mol. The van der Waals surface area contributed by atoms with Crippen molar-refractivity contribution in [2.24, 2.45) is 11.7 Å². The molecule has 1 fully saturated rings. The molecule has 17 heavy (non-hydrogen) atoms. The van der Waals surface area contributed by atoms with Gasteiger partial charge in [0.05, 0.1) is 6.61 Å². The van der Waals surface area contributed by atoms with Gasteiger partial charge in [0.15, 0.2) is 0 Å². The van der Waals surface area contributed by atoms with Crippen LogP contribution in [-0.2, 0) is 6.54 Å². The summed E-state index contributed by atoms with van der Waals surface area (Å²) in [5.74, 6) is 1.59. The monoisotopic (exact) mass is 234 g/mol. The van der Waals surface area contributed by atoms with Gasteiger partial charge in [0, 0.05) is 19.0 Å². The maximum atomic E-state index is 5.85. The zero-order valence-corrected chi connectivity index (χ0v) is 10.5. The largest absolute Gasteiger partial charge is 0.493 e. The summed E-state index contributed by atoms with van der Waals surface area (Å²) in [5.41, 5.74) is 8.10. The molecular formula is C14H22N2O. The number of aryl methyl sites for hydroxylation is 1. The molecule has 1 aromatic rings. The third kappa shape index (κ3) is 3.45. The molecule has 1 heterocycles. The molecule has 3 N–H and O–H groups in total. The molecule has 1 unspecified atom stereocenters. The molecule has 3 heteroatoms. The average Bonchev–Trinajstić information content (AvgIpc) is 2.39. The minimum atomic E-state index is 0.577. The second-order valence-corrected chi connectivity index (χ2v) is 4.82.